The van der Waals surface area contributed by atoms with Crippen LogP contribution in [0.15, 0.2) is 22.3 Å². The Morgan fingerprint density at radius 1 is 1.58 bits per heavy atom. The molecular formula is C11H10BClN2O3S. The van der Waals surface area contributed by atoms with E-state index in [1.807, 2.05) is 6.92 Å². The van der Waals surface area contributed by atoms with Crippen LogP contribution in [0.5, 0.6) is 0 Å². The quantitative estimate of drug-likeness (QED) is 0.464. The molecule has 2 N–H and O–H groups in total. The molecule has 8 heteroatoms. The molecular weight excluding hydrogens is 286 g/mol. The second kappa shape index (κ2) is 4.83. The van der Waals surface area contributed by atoms with E-state index in [4.69, 9.17) is 21.5 Å². The van der Waals surface area contributed by atoms with Crippen molar-refractivity contribution < 1.29 is 14.9 Å². The molecule has 1 aromatic carbocycles. The van der Waals surface area contributed by atoms with Gasteiger partial charge < -0.3 is 14.9 Å². The summed E-state index contributed by atoms with van der Waals surface area (Å²) in [5.41, 5.74) is 2.32. The summed E-state index contributed by atoms with van der Waals surface area (Å²) in [4.78, 5) is 4.40. The third-order valence-corrected chi connectivity index (χ3v) is 4.55. The number of rotatable bonds is 1. The van der Waals surface area contributed by atoms with E-state index in [9.17, 15) is 5.02 Å². The van der Waals surface area contributed by atoms with Crippen molar-refractivity contribution in [1.29, 1.82) is 0 Å². The van der Waals surface area contributed by atoms with Gasteiger partial charge in [0, 0.05) is 5.56 Å². The van der Waals surface area contributed by atoms with Gasteiger partial charge in [-0.05, 0) is 35.8 Å². The predicted octanol–water partition coefficient (Wildman–Crippen LogP) is 1.23. The molecule has 0 radical (unpaired) electrons. The van der Waals surface area contributed by atoms with Crippen LogP contribution in [0.4, 0.5) is 0 Å². The van der Waals surface area contributed by atoms with E-state index < -0.39 is 7.12 Å². The van der Waals surface area contributed by atoms with E-state index >= 15 is 0 Å². The zero-order chi connectivity index (χ0) is 13.6. The number of benzene rings is 1. The van der Waals surface area contributed by atoms with Crippen molar-refractivity contribution in [2.24, 2.45) is 10.1 Å². The molecule has 2 heterocycles. The first kappa shape index (κ1) is 13.0. The summed E-state index contributed by atoms with van der Waals surface area (Å²) in [5, 5.41) is 23.6. The van der Waals surface area contributed by atoms with Gasteiger partial charge in [0.05, 0.1) is 11.6 Å². The highest BCUT2D eigenvalue weighted by Crippen LogP contribution is 2.30. The van der Waals surface area contributed by atoms with Gasteiger partial charge in [-0.2, -0.15) is 0 Å². The van der Waals surface area contributed by atoms with Crippen molar-refractivity contribution in [3.05, 3.63) is 28.3 Å². The van der Waals surface area contributed by atoms with Crippen LogP contribution in [-0.2, 0) is 11.3 Å². The van der Waals surface area contributed by atoms with Gasteiger partial charge in [0.2, 0.25) is 0 Å². The Bertz CT molecular complexity index is 608. The predicted molar refractivity (Wildman–Crippen MR) is 76.7 cm³/mol. The number of aliphatic imine (C=N–C) groups is 1. The zero-order valence-corrected chi connectivity index (χ0v) is 11.6. The number of hydrogen-bond donors (Lipinski definition) is 2. The van der Waals surface area contributed by atoms with Gasteiger partial charge in [0.1, 0.15) is 16.1 Å². The minimum atomic E-state index is -0.915. The van der Waals surface area contributed by atoms with Gasteiger partial charge >= 0.3 is 7.12 Å². The summed E-state index contributed by atoms with van der Waals surface area (Å²) in [5.74, 6) is 0. The second-order valence-electron chi connectivity index (χ2n) is 4.34. The number of oxime groups is 1. The maximum atomic E-state index is 9.71. The van der Waals surface area contributed by atoms with Crippen molar-refractivity contribution in [3.8, 4) is 0 Å². The van der Waals surface area contributed by atoms with E-state index in [1.54, 1.807) is 12.1 Å². The molecule has 1 atom stereocenters. The number of thioether (sulfide) groups is 1. The van der Waals surface area contributed by atoms with Crippen molar-refractivity contribution in [2.45, 2.75) is 19.6 Å². The van der Waals surface area contributed by atoms with Gasteiger partial charge in [-0.3, -0.25) is 4.99 Å². The topological polar surface area (TPSA) is 74.4 Å². The van der Waals surface area contributed by atoms with Crippen LogP contribution in [0, 0.1) is 0 Å². The van der Waals surface area contributed by atoms with Gasteiger partial charge in [-0.15, -0.1) is 0 Å². The summed E-state index contributed by atoms with van der Waals surface area (Å²) in [6.45, 7) is 2.20. The first-order valence-corrected chi connectivity index (χ1v) is 6.89. The minimum absolute atomic E-state index is 0.185. The largest absolute Gasteiger partial charge is 0.491 e. The molecule has 1 aromatic rings. The molecule has 19 heavy (non-hydrogen) atoms. The van der Waals surface area contributed by atoms with E-state index in [1.165, 1.54) is 11.8 Å². The third kappa shape index (κ3) is 2.16. The monoisotopic (exact) mass is 296 g/mol. The molecule has 3 rings (SSSR count). The fraction of sp³-hybridized carbons (Fsp3) is 0.273. The fourth-order valence-corrected chi connectivity index (χ4v) is 3.36. The molecule has 0 amide bonds. The summed E-state index contributed by atoms with van der Waals surface area (Å²) in [6, 6.07) is 3.38. The Labute approximate surface area is 119 Å². The van der Waals surface area contributed by atoms with Crippen molar-refractivity contribution >= 4 is 46.0 Å². The molecule has 98 valence electrons. The lowest BCUT2D eigenvalue weighted by atomic mass is 9.79. The molecule has 2 aliphatic rings. The first-order valence-electron chi connectivity index (χ1n) is 5.70. The van der Waals surface area contributed by atoms with Crippen LogP contribution in [0.3, 0.4) is 0 Å². The SMILES string of the molecule is CC1N=C(c2cc3c(cc2Cl)COB3O)S/C1=N/O. The van der Waals surface area contributed by atoms with Crippen molar-refractivity contribution in [1.82, 2.24) is 0 Å². The first-order chi connectivity index (χ1) is 9.10. The molecule has 0 saturated carbocycles. The highest BCUT2D eigenvalue weighted by atomic mass is 35.5. The Hall–Kier alpha value is -1.02. The Morgan fingerprint density at radius 2 is 2.37 bits per heavy atom. The van der Waals surface area contributed by atoms with Crippen LogP contribution >= 0.6 is 23.4 Å². The molecule has 0 aliphatic carbocycles. The van der Waals surface area contributed by atoms with E-state index in [0.717, 1.165) is 11.1 Å². The van der Waals surface area contributed by atoms with Crippen LogP contribution in [0.1, 0.15) is 18.1 Å². The molecule has 1 unspecified atom stereocenters. The summed E-state index contributed by atoms with van der Waals surface area (Å²) in [6.07, 6.45) is 0. The van der Waals surface area contributed by atoms with Gasteiger partial charge in [-0.1, -0.05) is 22.8 Å². The van der Waals surface area contributed by atoms with E-state index in [2.05, 4.69) is 10.1 Å². The average Bonchev–Trinajstić information content (AvgIpc) is 2.92. The number of hydrogen-bond acceptors (Lipinski definition) is 6. The Morgan fingerprint density at radius 3 is 3.05 bits per heavy atom. The molecule has 0 aromatic heterocycles. The molecule has 0 spiro atoms. The summed E-state index contributed by atoms with van der Waals surface area (Å²) < 4.78 is 5.15. The van der Waals surface area contributed by atoms with Gasteiger partial charge in [0.25, 0.3) is 0 Å². The van der Waals surface area contributed by atoms with Crippen LogP contribution in [0.25, 0.3) is 0 Å². The number of halogens is 1. The highest BCUT2D eigenvalue weighted by molar-refractivity contribution is 8.27. The highest BCUT2D eigenvalue weighted by Gasteiger charge is 2.31. The smallest absolute Gasteiger partial charge is 0.423 e. The van der Waals surface area contributed by atoms with Crippen LogP contribution in [0.2, 0.25) is 5.02 Å². The minimum Gasteiger partial charge on any atom is -0.423 e. The molecule has 0 saturated heterocycles. The van der Waals surface area contributed by atoms with Crippen LogP contribution in [-0.4, -0.2) is 33.5 Å². The van der Waals surface area contributed by atoms with Crippen molar-refractivity contribution in [3.63, 3.8) is 0 Å². The second-order valence-corrected chi connectivity index (χ2v) is 5.76. The van der Waals surface area contributed by atoms with Crippen molar-refractivity contribution in [2.75, 3.05) is 0 Å². The van der Waals surface area contributed by atoms with E-state index in [0.29, 0.717) is 27.2 Å². The maximum absolute atomic E-state index is 9.71. The summed E-state index contributed by atoms with van der Waals surface area (Å²) >= 11 is 7.52. The normalized spacial score (nSPS) is 23.9. The maximum Gasteiger partial charge on any atom is 0.491 e. The lowest BCUT2D eigenvalue weighted by Crippen LogP contribution is -2.28. The lowest BCUT2D eigenvalue weighted by Gasteiger charge is -2.06. The molecule has 0 fully saturated rings. The molecule has 0 bridgehead atoms. The lowest BCUT2D eigenvalue weighted by molar-refractivity contribution is 0.275. The zero-order valence-electron chi connectivity index (χ0n) is 10.00. The molecule has 2 aliphatic heterocycles. The van der Waals surface area contributed by atoms with Gasteiger partial charge in [-0.25, -0.2) is 0 Å². The Balaban J connectivity index is 2.03. The third-order valence-electron chi connectivity index (χ3n) is 3.09. The Kier molecular flexibility index (Phi) is 3.30. The van der Waals surface area contributed by atoms with Crippen LogP contribution < -0.4 is 5.46 Å². The number of nitrogens with zero attached hydrogens (tertiary/aromatic N) is 2. The number of fused-ring (bicyclic) bond motifs is 1. The summed E-state index contributed by atoms with van der Waals surface area (Å²) in [7, 11) is -0.915. The van der Waals surface area contributed by atoms with E-state index in [-0.39, 0.29) is 6.04 Å². The standard InChI is InChI=1S/C11H10BClN2O3S/c1-5-10(15-17)19-11(14-5)7-3-8-6(2-9(7)13)4-18-12(8)16/h2-3,5,16-17H,4H2,1H3/b15-10+. The molecule has 5 nitrogen and oxygen atoms in total. The average molecular weight is 297 g/mol. The van der Waals surface area contributed by atoms with Gasteiger partial charge in [0.15, 0.2) is 0 Å². The fourth-order valence-electron chi connectivity index (χ4n) is 2.08.